The van der Waals surface area contributed by atoms with Crippen molar-refractivity contribution < 1.29 is 38.9 Å². The van der Waals surface area contributed by atoms with Crippen LogP contribution in [0.5, 0.6) is 0 Å². The molecule has 0 unspecified atom stereocenters. The van der Waals surface area contributed by atoms with Crippen molar-refractivity contribution in [2.45, 2.75) is 26.4 Å². The van der Waals surface area contributed by atoms with Gasteiger partial charge in [0.15, 0.2) is 0 Å². The van der Waals surface area contributed by atoms with Gasteiger partial charge in [0.2, 0.25) is 0 Å². The van der Waals surface area contributed by atoms with E-state index >= 15 is 0 Å². The molecule has 0 aliphatic heterocycles. The molecule has 148 valence electrons. The minimum atomic E-state index is -1.75. The number of carbonyl (C=O) groups is 4. The Balaban J connectivity index is 2.42. The zero-order valence-corrected chi connectivity index (χ0v) is 15.0. The first-order chi connectivity index (χ1) is 13.3. The van der Waals surface area contributed by atoms with Crippen LogP contribution in [0.4, 0.5) is 0 Å². The Morgan fingerprint density at radius 2 is 1.64 bits per heavy atom. The highest BCUT2D eigenvalue weighted by molar-refractivity contribution is 6.05. The van der Waals surface area contributed by atoms with E-state index in [1.165, 1.54) is 6.92 Å². The topological polar surface area (TPSA) is 149 Å². The molecule has 0 bridgehead atoms. The molecule has 0 amide bonds. The number of nitrogens with one attached hydrogen (secondary N) is 1. The van der Waals surface area contributed by atoms with Gasteiger partial charge in [-0.1, -0.05) is 30.3 Å². The van der Waals surface area contributed by atoms with Gasteiger partial charge in [-0.15, -0.1) is 0 Å². The highest BCUT2D eigenvalue weighted by Crippen LogP contribution is 2.23. The van der Waals surface area contributed by atoms with Crippen molar-refractivity contribution in [1.29, 1.82) is 0 Å². The number of esters is 2. The first-order valence-corrected chi connectivity index (χ1v) is 8.39. The van der Waals surface area contributed by atoms with Crippen LogP contribution in [0.1, 0.15) is 55.8 Å². The summed E-state index contributed by atoms with van der Waals surface area (Å²) in [5.74, 6) is -5.16. The van der Waals surface area contributed by atoms with Crippen LogP contribution >= 0.6 is 0 Å². The number of carboxylic acids is 2. The third kappa shape index (κ3) is 4.97. The van der Waals surface area contributed by atoms with E-state index in [-0.39, 0.29) is 30.9 Å². The standard InChI is InChI=1S/C19H19NO8/c1-2-27-19(26)15-12(8-9-13(21)22)14(16(20-15)17(23)24)18(25)28-10-11-6-4-3-5-7-11/h3-7,20H,2,8-10H2,1H3,(H,21,22)(H,23,24)/p-2. The molecule has 0 saturated heterocycles. The molecular weight excluding hydrogens is 370 g/mol. The molecular formula is C19H17NO8-2. The van der Waals surface area contributed by atoms with Crippen LogP contribution in [0.25, 0.3) is 0 Å². The summed E-state index contributed by atoms with van der Waals surface area (Å²) in [5, 5.41) is 22.3. The maximum absolute atomic E-state index is 12.6. The van der Waals surface area contributed by atoms with Gasteiger partial charge in [-0.2, -0.15) is 0 Å². The summed E-state index contributed by atoms with van der Waals surface area (Å²) < 4.78 is 9.97. The van der Waals surface area contributed by atoms with Crippen LogP contribution in [0, 0.1) is 0 Å². The number of rotatable bonds is 9. The quantitative estimate of drug-likeness (QED) is 0.571. The van der Waals surface area contributed by atoms with Gasteiger partial charge in [-0.25, -0.2) is 9.59 Å². The first kappa shape index (κ1) is 20.7. The maximum atomic E-state index is 12.6. The van der Waals surface area contributed by atoms with E-state index in [1.807, 2.05) is 0 Å². The third-order valence-corrected chi connectivity index (χ3v) is 3.78. The maximum Gasteiger partial charge on any atom is 0.355 e. The number of aliphatic carboxylic acids is 1. The Morgan fingerprint density at radius 3 is 2.21 bits per heavy atom. The van der Waals surface area contributed by atoms with Gasteiger partial charge < -0.3 is 34.3 Å². The van der Waals surface area contributed by atoms with Gasteiger partial charge in [0.05, 0.1) is 23.8 Å². The van der Waals surface area contributed by atoms with E-state index in [2.05, 4.69) is 4.98 Å². The Kier molecular flexibility index (Phi) is 6.91. The first-order valence-electron chi connectivity index (χ1n) is 8.39. The van der Waals surface area contributed by atoms with Crippen molar-refractivity contribution in [3.63, 3.8) is 0 Å². The van der Waals surface area contributed by atoms with Crippen molar-refractivity contribution in [2.24, 2.45) is 0 Å². The molecule has 1 heterocycles. The highest BCUT2D eigenvalue weighted by atomic mass is 16.5. The van der Waals surface area contributed by atoms with Crippen molar-refractivity contribution in [2.75, 3.05) is 6.61 Å². The fourth-order valence-electron chi connectivity index (χ4n) is 2.57. The molecule has 0 aliphatic carbocycles. The lowest BCUT2D eigenvalue weighted by Crippen LogP contribution is -2.26. The van der Waals surface area contributed by atoms with Crippen molar-refractivity contribution in [1.82, 2.24) is 4.98 Å². The number of aromatic nitrogens is 1. The van der Waals surface area contributed by atoms with E-state index < -0.39 is 41.6 Å². The SMILES string of the molecule is CCOC(=O)c1[nH]c(C(=O)[O-])c(C(=O)OCc2ccccc2)c1CCC(=O)[O-]. The summed E-state index contributed by atoms with van der Waals surface area (Å²) in [6, 6.07) is 8.64. The van der Waals surface area contributed by atoms with Crippen LogP contribution in [-0.4, -0.2) is 35.5 Å². The summed E-state index contributed by atoms with van der Waals surface area (Å²) >= 11 is 0. The molecule has 0 saturated carbocycles. The van der Waals surface area contributed by atoms with Gasteiger partial charge in [0, 0.05) is 11.5 Å². The van der Waals surface area contributed by atoms with Crippen LogP contribution in [0.15, 0.2) is 30.3 Å². The average Bonchev–Trinajstić information content (AvgIpc) is 3.05. The van der Waals surface area contributed by atoms with Crippen LogP contribution < -0.4 is 10.2 Å². The zero-order chi connectivity index (χ0) is 20.7. The minimum absolute atomic E-state index is 0.00772. The van der Waals surface area contributed by atoms with E-state index in [1.54, 1.807) is 30.3 Å². The second-order valence-corrected chi connectivity index (χ2v) is 5.67. The average molecular weight is 387 g/mol. The molecule has 2 aromatic rings. The molecule has 0 fully saturated rings. The lowest BCUT2D eigenvalue weighted by Gasteiger charge is -2.10. The van der Waals surface area contributed by atoms with Gasteiger partial charge in [-0.05, 0) is 25.3 Å². The smallest absolute Gasteiger partial charge is 0.355 e. The number of carboxylic acid groups (broad SMARTS) is 2. The molecule has 28 heavy (non-hydrogen) atoms. The molecule has 0 aliphatic rings. The summed E-state index contributed by atoms with van der Waals surface area (Å²) in [7, 11) is 0. The minimum Gasteiger partial charge on any atom is -0.550 e. The number of aromatic amines is 1. The number of H-pyrrole nitrogens is 1. The van der Waals surface area contributed by atoms with Gasteiger partial charge in [-0.3, -0.25) is 0 Å². The number of carbonyl (C=O) groups excluding carboxylic acids is 4. The summed E-state index contributed by atoms with van der Waals surface area (Å²) in [6.45, 7) is 1.38. The van der Waals surface area contributed by atoms with E-state index in [4.69, 9.17) is 9.47 Å². The summed E-state index contributed by atoms with van der Waals surface area (Å²) in [4.78, 5) is 49.2. The van der Waals surface area contributed by atoms with Crippen LogP contribution in [-0.2, 0) is 27.3 Å². The Morgan fingerprint density at radius 1 is 0.964 bits per heavy atom. The molecule has 1 aromatic heterocycles. The fraction of sp³-hybridized carbons (Fsp3) is 0.263. The van der Waals surface area contributed by atoms with Crippen LogP contribution in [0.3, 0.4) is 0 Å². The number of aromatic carboxylic acids is 1. The van der Waals surface area contributed by atoms with Gasteiger partial charge in [0.25, 0.3) is 0 Å². The number of ether oxygens (including phenoxy) is 2. The molecule has 9 heteroatoms. The second kappa shape index (κ2) is 9.36. The monoisotopic (exact) mass is 387 g/mol. The van der Waals surface area contributed by atoms with E-state index in [0.29, 0.717) is 5.56 Å². The third-order valence-electron chi connectivity index (χ3n) is 3.78. The van der Waals surface area contributed by atoms with Crippen molar-refractivity contribution in [3.05, 3.63) is 58.4 Å². The summed E-state index contributed by atoms with van der Waals surface area (Å²) in [6.07, 6.45) is -0.883. The predicted molar refractivity (Wildman–Crippen MR) is 90.0 cm³/mol. The highest BCUT2D eigenvalue weighted by Gasteiger charge is 2.28. The van der Waals surface area contributed by atoms with Crippen LogP contribution in [0.2, 0.25) is 0 Å². The number of hydrogen-bond donors (Lipinski definition) is 1. The largest absolute Gasteiger partial charge is 0.550 e. The molecule has 0 spiro atoms. The normalized spacial score (nSPS) is 10.3. The molecule has 1 N–H and O–H groups in total. The molecule has 9 nitrogen and oxygen atoms in total. The predicted octanol–water partition coefficient (Wildman–Crippen LogP) is -0.406. The Hall–Kier alpha value is -3.62. The Bertz CT molecular complexity index is 885. The molecule has 0 radical (unpaired) electrons. The van der Waals surface area contributed by atoms with E-state index in [0.717, 1.165) is 0 Å². The fourth-order valence-corrected chi connectivity index (χ4v) is 2.57. The molecule has 1 aromatic carbocycles. The van der Waals surface area contributed by atoms with Crippen molar-refractivity contribution in [3.8, 4) is 0 Å². The van der Waals surface area contributed by atoms with Gasteiger partial charge in [0.1, 0.15) is 12.3 Å². The molecule has 2 rings (SSSR count). The zero-order valence-electron chi connectivity index (χ0n) is 15.0. The molecule has 0 atom stereocenters. The van der Waals surface area contributed by atoms with E-state index in [9.17, 15) is 29.4 Å². The summed E-state index contributed by atoms with van der Waals surface area (Å²) in [5.41, 5.74) is -0.980. The number of benzene rings is 1. The second-order valence-electron chi connectivity index (χ2n) is 5.67. The Labute approximate surface area is 159 Å². The lowest BCUT2D eigenvalue weighted by atomic mass is 10.0. The van der Waals surface area contributed by atoms with Gasteiger partial charge >= 0.3 is 11.9 Å². The lowest BCUT2D eigenvalue weighted by molar-refractivity contribution is -0.305. The van der Waals surface area contributed by atoms with Crippen molar-refractivity contribution >= 4 is 23.9 Å². The number of hydrogen-bond acceptors (Lipinski definition) is 8.